The van der Waals surface area contributed by atoms with E-state index < -0.39 is 6.10 Å². The third-order valence-corrected chi connectivity index (χ3v) is 3.78. The van der Waals surface area contributed by atoms with Crippen molar-refractivity contribution in [3.63, 3.8) is 0 Å². The minimum atomic E-state index is -0.766. The van der Waals surface area contributed by atoms with Crippen molar-refractivity contribution in [3.05, 3.63) is 69.0 Å². The van der Waals surface area contributed by atoms with Crippen LogP contribution in [-0.4, -0.2) is 5.11 Å². The van der Waals surface area contributed by atoms with E-state index in [1.54, 1.807) is 12.1 Å². The van der Waals surface area contributed by atoms with Crippen LogP contribution >= 0.6 is 23.2 Å². The summed E-state index contributed by atoms with van der Waals surface area (Å²) in [6.07, 6.45) is -0.520. The number of rotatable bonds is 3. The summed E-state index contributed by atoms with van der Waals surface area (Å²) in [6, 6.07) is 9.48. The highest BCUT2D eigenvalue weighted by Gasteiger charge is 2.12. The normalized spacial score (nSPS) is 12.5. The van der Waals surface area contributed by atoms with E-state index in [-0.39, 0.29) is 12.2 Å². The van der Waals surface area contributed by atoms with Crippen molar-refractivity contribution in [1.29, 1.82) is 0 Å². The molecule has 0 spiro atoms. The zero-order valence-corrected chi connectivity index (χ0v) is 11.8. The smallest absolute Gasteiger partial charge is 0.123 e. The first-order chi connectivity index (χ1) is 8.97. The van der Waals surface area contributed by atoms with E-state index >= 15 is 0 Å². The molecule has 0 aliphatic rings. The van der Waals surface area contributed by atoms with Crippen molar-refractivity contribution in [1.82, 2.24) is 0 Å². The molecule has 0 aromatic heterocycles. The van der Waals surface area contributed by atoms with Crippen LogP contribution in [0.3, 0.4) is 0 Å². The molecule has 1 atom stereocenters. The first kappa shape index (κ1) is 14.3. The zero-order valence-electron chi connectivity index (χ0n) is 10.3. The van der Waals surface area contributed by atoms with Gasteiger partial charge in [0.1, 0.15) is 5.82 Å². The molecule has 2 aromatic rings. The standard InChI is InChI=1S/C15H13Cl2FO/c1-9-2-3-10(7-14(9)17)15(19)8-11-6-12(18)4-5-13(11)16/h2-7,15,19H,8H2,1H3. The van der Waals surface area contributed by atoms with Crippen LogP contribution in [0.4, 0.5) is 4.39 Å². The van der Waals surface area contributed by atoms with Crippen molar-refractivity contribution < 1.29 is 9.50 Å². The molecule has 0 radical (unpaired) electrons. The minimum absolute atomic E-state index is 0.246. The van der Waals surface area contributed by atoms with E-state index in [4.69, 9.17) is 23.2 Å². The molecular formula is C15H13Cl2FO. The Bertz CT molecular complexity index is 599. The molecule has 100 valence electrons. The summed E-state index contributed by atoms with van der Waals surface area (Å²) in [5, 5.41) is 11.2. The Morgan fingerprint density at radius 2 is 1.84 bits per heavy atom. The van der Waals surface area contributed by atoms with E-state index in [9.17, 15) is 9.50 Å². The van der Waals surface area contributed by atoms with E-state index in [1.807, 2.05) is 13.0 Å². The van der Waals surface area contributed by atoms with Gasteiger partial charge in [-0.05, 0) is 47.9 Å². The molecular weight excluding hydrogens is 286 g/mol. The lowest BCUT2D eigenvalue weighted by Crippen LogP contribution is -2.03. The van der Waals surface area contributed by atoms with Crippen LogP contribution in [0.1, 0.15) is 22.8 Å². The van der Waals surface area contributed by atoms with Gasteiger partial charge in [-0.25, -0.2) is 4.39 Å². The van der Waals surface area contributed by atoms with Crippen LogP contribution in [0.5, 0.6) is 0 Å². The van der Waals surface area contributed by atoms with Crippen LogP contribution in [0.15, 0.2) is 36.4 Å². The maximum atomic E-state index is 13.2. The highest BCUT2D eigenvalue weighted by Crippen LogP contribution is 2.26. The highest BCUT2D eigenvalue weighted by atomic mass is 35.5. The second-order valence-corrected chi connectivity index (χ2v) is 5.28. The molecule has 19 heavy (non-hydrogen) atoms. The molecule has 0 aliphatic heterocycles. The van der Waals surface area contributed by atoms with E-state index in [1.165, 1.54) is 18.2 Å². The maximum Gasteiger partial charge on any atom is 0.123 e. The lowest BCUT2D eigenvalue weighted by molar-refractivity contribution is 0.178. The fraction of sp³-hybridized carbons (Fsp3) is 0.200. The molecule has 1 N–H and O–H groups in total. The predicted octanol–water partition coefficient (Wildman–Crippen LogP) is 4.72. The van der Waals surface area contributed by atoms with Crippen molar-refractivity contribution in [2.45, 2.75) is 19.4 Å². The Labute approximate surface area is 121 Å². The number of hydrogen-bond acceptors (Lipinski definition) is 1. The molecule has 0 amide bonds. The average Bonchev–Trinajstić information content (AvgIpc) is 2.37. The van der Waals surface area contributed by atoms with E-state index in [0.717, 1.165) is 5.56 Å². The molecule has 0 saturated heterocycles. The van der Waals surface area contributed by atoms with Crippen LogP contribution in [0.2, 0.25) is 10.0 Å². The van der Waals surface area contributed by atoms with Gasteiger partial charge in [-0.1, -0.05) is 35.3 Å². The average molecular weight is 299 g/mol. The quantitative estimate of drug-likeness (QED) is 0.869. The third-order valence-electron chi connectivity index (χ3n) is 3.00. The van der Waals surface area contributed by atoms with Crippen LogP contribution in [0, 0.1) is 12.7 Å². The van der Waals surface area contributed by atoms with Crippen LogP contribution in [-0.2, 0) is 6.42 Å². The lowest BCUT2D eigenvalue weighted by Gasteiger charge is -2.13. The van der Waals surface area contributed by atoms with Crippen molar-refractivity contribution >= 4 is 23.2 Å². The monoisotopic (exact) mass is 298 g/mol. The number of aliphatic hydroxyl groups is 1. The Kier molecular flexibility index (Phi) is 4.46. The molecule has 0 aliphatic carbocycles. The summed E-state index contributed by atoms with van der Waals surface area (Å²) in [4.78, 5) is 0. The first-order valence-electron chi connectivity index (χ1n) is 5.85. The Morgan fingerprint density at radius 3 is 2.53 bits per heavy atom. The summed E-state index contributed by atoms with van der Waals surface area (Å²) >= 11 is 12.0. The molecule has 0 heterocycles. The maximum absolute atomic E-state index is 13.2. The highest BCUT2D eigenvalue weighted by molar-refractivity contribution is 6.31. The topological polar surface area (TPSA) is 20.2 Å². The molecule has 0 bridgehead atoms. The summed E-state index contributed by atoms with van der Waals surface area (Å²) in [7, 11) is 0. The predicted molar refractivity (Wildman–Crippen MR) is 76.3 cm³/mol. The van der Waals surface area contributed by atoms with Gasteiger partial charge >= 0.3 is 0 Å². The minimum Gasteiger partial charge on any atom is -0.388 e. The van der Waals surface area contributed by atoms with Gasteiger partial charge in [0.25, 0.3) is 0 Å². The van der Waals surface area contributed by atoms with Crippen molar-refractivity contribution in [2.24, 2.45) is 0 Å². The van der Waals surface area contributed by atoms with Gasteiger partial charge in [-0.3, -0.25) is 0 Å². The van der Waals surface area contributed by atoms with Gasteiger partial charge < -0.3 is 5.11 Å². The van der Waals surface area contributed by atoms with Gasteiger partial charge in [0.2, 0.25) is 0 Å². The summed E-state index contributed by atoms with van der Waals surface area (Å²) in [5.41, 5.74) is 2.21. The number of hydrogen-bond donors (Lipinski definition) is 1. The Morgan fingerprint density at radius 1 is 1.11 bits per heavy atom. The van der Waals surface area contributed by atoms with Crippen LogP contribution in [0.25, 0.3) is 0 Å². The van der Waals surface area contributed by atoms with Gasteiger partial charge in [-0.2, -0.15) is 0 Å². The molecule has 1 nitrogen and oxygen atoms in total. The summed E-state index contributed by atoms with van der Waals surface area (Å²) in [6.45, 7) is 1.89. The number of aryl methyl sites for hydroxylation is 1. The lowest BCUT2D eigenvalue weighted by atomic mass is 10.0. The van der Waals surface area contributed by atoms with Gasteiger partial charge in [0.05, 0.1) is 6.10 Å². The second kappa shape index (κ2) is 5.91. The fourth-order valence-corrected chi connectivity index (χ4v) is 2.23. The third kappa shape index (κ3) is 3.47. The molecule has 2 aromatic carbocycles. The summed E-state index contributed by atoms with van der Waals surface area (Å²) < 4.78 is 13.2. The van der Waals surface area contributed by atoms with E-state index in [2.05, 4.69) is 0 Å². The molecule has 2 rings (SSSR count). The number of benzene rings is 2. The number of aliphatic hydroxyl groups excluding tert-OH is 1. The molecule has 1 unspecified atom stereocenters. The van der Waals surface area contributed by atoms with Crippen molar-refractivity contribution in [2.75, 3.05) is 0 Å². The summed E-state index contributed by atoms with van der Waals surface area (Å²) in [5.74, 6) is -0.367. The SMILES string of the molecule is Cc1ccc(C(O)Cc2cc(F)ccc2Cl)cc1Cl. The van der Waals surface area contributed by atoms with Gasteiger partial charge in [-0.15, -0.1) is 0 Å². The van der Waals surface area contributed by atoms with Gasteiger partial charge in [0.15, 0.2) is 0 Å². The second-order valence-electron chi connectivity index (χ2n) is 4.46. The molecule has 0 saturated carbocycles. The van der Waals surface area contributed by atoms with Crippen molar-refractivity contribution in [3.8, 4) is 0 Å². The zero-order chi connectivity index (χ0) is 14.0. The Hall–Kier alpha value is -1.09. The Balaban J connectivity index is 2.22. The fourth-order valence-electron chi connectivity index (χ4n) is 1.84. The first-order valence-corrected chi connectivity index (χ1v) is 6.61. The van der Waals surface area contributed by atoms with Gasteiger partial charge in [0, 0.05) is 16.5 Å². The molecule has 0 fully saturated rings. The van der Waals surface area contributed by atoms with E-state index in [0.29, 0.717) is 21.2 Å². The molecule has 4 heteroatoms. The largest absolute Gasteiger partial charge is 0.388 e. The number of halogens is 3. The van der Waals surface area contributed by atoms with Crippen LogP contribution < -0.4 is 0 Å².